The zero-order chi connectivity index (χ0) is 19.5. The molecule has 1 aromatic carbocycles. The largest absolute Gasteiger partial charge is 0.494 e. The molecule has 28 heavy (non-hydrogen) atoms. The van der Waals surface area contributed by atoms with Gasteiger partial charge in [0.1, 0.15) is 5.75 Å². The van der Waals surface area contributed by atoms with Crippen LogP contribution in [0, 0.1) is 4.77 Å². The quantitative estimate of drug-likeness (QED) is 0.531. The minimum Gasteiger partial charge on any atom is -0.494 e. The molecule has 1 unspecified atom stereocenters. The first kappa shape index (κ1) is 19.0. The first-order chi connectivity index (χ1) is 13.7. The lowest BCUT2D eigenvalue weighted by molar-refractivity contribution is 0.189. The molecule has 1 saturated heterocycles. The van der Waals surface area contributed by atoms with E-state index < -0.39 is 0 Å². The monoisotopic (exact) mass is 398 g/mol. The van der Waals surface area contributed by atoms with Crippen molar-refractivity contribution in [2.75, 3.05) is 13.2 Å². The second-order valence-corrected chi connectivity index (χ2v) is 7.31. The number of hydrogen-bond donors (Lipinski definition) is 0. The molecule has 0 bridgehead atoms. The van der Waals surface area contributed by atoms with E-state index in [0.717, 1.165) is 41.6 Å². The standard InChI is InChI=1S/C21H26N4O2S/c1-3-24-20(19-8-6-14-27-19)22-25(21(24)28)15-23-13-5-7-18(23)16-9-11-17(12-10-16)26-4-2/h6,8-12,14,18H,3-5,7,13,15H2,1-2H3. The van der Waals surface area contributed by atoms with Crippen LogP contribution in [0.5, 0.6) is 5.75 Å². The number of aromatic nitrogens is 3. The first-order valence-corrected chi connectivity index (χ1v) is 10.3. The Hall–Kier alpha value is -2.38. The lowest BCUT2D eigenvalue weighted by Gasteiger charge is -2.24. The van der Waals surface area contributed by atoms with E-state index in [2.05, 4.69) is 36.1 Å². The summed E-state index contributed by atoms with van der Waals surface area (Å²) >= 11 is 5.70. The van der Waals surface area contributed by atoms with E-state index in [-0.39, 0.29) is 0 Å². The van der Waals surface area contributed by atoms with Crippen LogP contribution in [0.3, 0.4) is 0 Å². The maximum Gasteiger partial charge on any atom is 0.199 e. The molecular weight excluding hydrogens is 372 g/mol. The highest BCUT2D eigenvalue weighted by atomic mass is 32.1. The maximum absolute atomic E-state index is 5.70. The zero-order valence-corrected chi connectivity index (χ0v) is 17.2. The van der Waals surface area contributed by atoms with Gasteiger partial charge in [0.05, 0.1) is 19.5 Å². The first-order valence-electron chi connectivity index (χ1n) is 9.89. The molecule has 0 amide bonds. The summed E-state index contributed by atoms with van der Waals surface area (Å²) in [5.41, 5.74) is 1.31. The van der Waals surface area contributed by atoms with E-state index >= 15 is 0 Å². The van der Waals surface area contributed by atoms with E-state index in [1.54, 1.807) is 6.26 Å². The molecule has 1 fully saturated rings. The molecule has 7 heteroatoms. The summed E-state index contributed by atoms with van der Waals surface area (Å²) in [4.78, 5) is 2.45. The van der Waals surface area contributed by atoms with Gasteiger partial charge in [0.2, 0.25) is 0 Å². The summed E-state index contributed by atoms with van der Waals surface area (Å²) in [6.45, 7) is 7.24. The van der Waals surface area contributed by atoms with Gasteiger partial charge < -0.3 is 9.15 Å². The Morgan fingerprint density at radius 3 is 2.71 bits per heavy atom. The number of furan rings is 1. The zero-order valence-electron chi connectivity index (χ0n) is 16.4. The Bertz CT molecular complexity index is 959. The van der Waals surface area contributed by atoms with Gasteiger partial charge >= 0.3 is 0 Å². The predicted molar refractivity (Wildman–Crippen MR) is 111 cm³/mol. The van der Waals surface area contributed by atoms with Crippen molar-refractivity contribution in [1.82, 2.24) is 19.2 Å². The number of rotatable bonds is 7. The Kier molecular flexibility index (Phi) is 5.64. The molecule has 0 N–H and O–H groups in total. The number of nitrogens with zero attached hydrogens (tertiary/aromatic N) is 4. The minimum atomic E-state index is 0.372. The van der Waals surface area contributed by atoms with Gasteiger partial charge in [-0.2, -0.15) is 0 Å². The molecule has 148 valence electrons. The predicted octanol–water partition coefficient (Wildman–Crippen LogP) is 4.89. The third-order valence-electron chi connectivity index (χ3n) is 5.24. The van der Waals surface area contributed by atoms with Crippen LogP contribution in [-0.2, 0) is 13.2 Å². The van der Waals surface area contributed by atoms with E-state index in [0.29, 0.717) is 19.3 Å². The molecule has 1 aliphatic rings. The molecule has 3 heterocycles. The Balaban J connectivity index is 1.57. The van der Waals surface area contributed by atoms with Gasteiger partial charge in [-0.3, -0.25) is 9.47 Å². The highest BCUT2D eigenvalue weighted by molar-refractivity contribution is 7.71. The van der Waals surface area contributed by atoms with Gasteiger partial charge in [-0.25, -0.2) is 4.68 Å². The summed E-state index contributed by atoms with van der Waals surface area (Å²) in [7, 11) is 0. The van der Waals surface area contributed by atoms with Crippen LogP contribution in [0.15, 0.2) is 47.1 Å². The van der Waals surface area contributed by atoms with Gasteiger partial charge in [0, 0.05) is 19.1 Å². The summed E-state index contributed by atoms with van der Waals surface area (Å²) in [6, 6.07) is 12.6. The third kappa shape index (κ3) is 3.64. The summed E-state index contributed by atoms with van der Waals surface area (Å²) in [5, 5.41) is 4.77. The molecular formula is C21H26N4O2S. The number of hydrogen-bond acceptors (Lipinski definition) is 5. The lowest BCUT2D eigenvalue weighted by Crippen LogP contribution is -2.27. The van der Waals surface area contributed by atoms with Crippen LogP contribution in [0.4, 0.5) is 0 Å². The number of likely N-dealkylation sites (tertiary alicyclic amines) is 1. The van der Waals surface area contributed by atoms with Crippen LogP contribution < -0.4 is 4.74 Å². The summed E-state index contributed by atoms with van der Waals surface area (Å²) < 4.78 is 15.8. The molecule has 0 radical (unpaired) electrons. The molecule has 1 aliphatic heterocycles. The third-order valence-corrected chi connectivity index (χ3v) is 5.67. The molecule has 2 aromatic heterocycles. The normalized spacial score (nSPS) is 17.3. The Morgan fingerprint density at radius 1 is 1.21 bits per heavy atom. The van der Waals surface area contributed by atoms with Crippen molar-refractivity contribution in [3.8, 4) is 17.3 Å². The lowest BCUT2D eigenvalue weighted by atomic mass is 10.0. The fourth-order valence-electron chi connectivity index (χ4n) is 3.90. The van der Waals surface area contributed by atoms with Crippen molar-refractivity contribution in [3.05, 3.63) is 53.0 Å². The van der Waals surface area contributed by atoms with Crippen LogP contribution in [0.25, 0.3) is 11.6 Å². The van der Waals surface area contributed by atoms with Gasteiger partial charge in [0.25, 0.3) is 0 Å². The molecule has 0 saturated carbocycles. The molecule has 0 spiro atoms. The number of benzene rings is 1. The maximum atomic E-state index is 5.70. The molecule has 4 rings (SSSR count). The molecule has 6 nitrogen and oxygen atoms in total. The van der Waals surface area contributed by atoms with Gasteiger partial charge in [-0.05, 0) is 68.7 Å². The smallest absolute Gasteiger partial charge is 0.199 e. The van der Waals surface area contributed by atoms with Crippen molar-refractivity contribution in [2.24, 2.45) is 0 Å². The SMILES string of the molecule is CCOc1ccc(C2CCCN2Cn2nc(-c3ccco3)n(CC)c2=S)cc1. The minimum absolute atomic E-state index is 0.372. The highest BCUT2D eigenvalue weighted by Crippen LogP contribution is 2.33. The molecule has 3 aromatic rings. The van der Waals surface area contributed by atoms with Gasteiger partial charge in [0.15, 0.2) is 16.4 Å². The van der Waals surface area contributed by atoms with Crippen molar-refractivity contribution in [1.29, 1.82) is 0 Å². The van der Waals surface area contributed by atoms with Crippen molar-refractivity contribution in [2.45, 2.75) is 45.9 Å². The summed E-state index contributed by atoms with van der Waals surface area (Å²) in [6.07, 6.45) is 3.98. The fourth-order valence-corrected chi connectivity index (χ4v) is 4.22. The van der Waals surface area contributed by atoms with Crippen LogP contribution >= 0.6 is 12.2 Å². The van der Waals surface area contributed by atoms with Crippen molar-refractivity contribution < 1.29 is 9.15 Å². The van der Waals surface area contributed by atoms with Crippen LogP contribution in [0.1, 0.15) is 38.3 Å². The molecule has 0 aliphatic carbocycles. The van der Waals surface area contributed by atoms with Gasteiger partial charge in [-0.1, -0.05) is 12.1 Å². The Labute approximate surface area is 170 Å². The summed E-state index contributed by atoms with van der Waals surface area (Å²) in [5.74, 6) is 2.45. The van der Waals surface area contributed by atoms with Crippen LogP contribution in [0.2, 0.25) is 0 Å². The van der Waals surface area contributed by atoms with Crippen molar-refractivity contribution in [3.63, 3.8) is 0 Å². The molecule has 1 atom stereocenters. The van der Waals surface area contributed by atoms with Crippen molar-refractivity contribution >= 4 is 12.2 Å². The topological polar surface area (TPSA) is 48.4 Å². The van der Waals surface area contributed by atoms with Gasteiger partial charge in [-0.15, -0.1) is 5.10 Å². The number of ether oxygens (including phenoxy) is 1. The second kappa shape index (κ2) is 8.32. The average molecular weight is 399 g/mol. The Morgan fingerprint density at radius 2 is 2.04 bits per heavy atom. The van der Waals surface area contributed by atoms with Crippen LogP contribution in [-0.4, -0.2) is 32.4 Å². The van der Waals surface area contributed by atoms with E-state index in [1.165, 1.54) is 12.0 Å². The average Bonchev–Trinajstić information content (AvgIpc) is 3.44. The van der Waals surface area contributed by atoms with E-state index in [1.807, 2.05) is 28.3 Å². The van der Waals surface area contributed by atoms with E-state index in [4.69, 9.17) is 26.5 Å². The van der Waals surface area contributed by atoms with E-state index in [9.17, 15) is 0 Å². The fraction of sp³-hybridized carbons (Fsp3) is 0.429. The second-order valence-electron chi connectivity index (χ2n) is 6.94. The highest BCUT2D eigenvalue weighted by Gasteiger charge is 2.27.